The van der Waals surface area contributed by atoms with Gasteiger partial charge >= 0.3 is 0 Å². The Kier molecular flexibility index (Phi) is 2.37. The quantitative estimate of drug-likeness (QED) is 0.763. The summed E-state index contributed by atoms with van der Waals surface area (Å²) in [5, 5.41) is 13.1. The number of rotatable bonds is 2. The second-order valence-electron chi connectivity index (χ2n) is 3.97. The van der Waals surface area contributed by atoms with Crippen molar-refractivity contribution in [2.75, 3.05) is 0 Å². The summed E-state index contributed by atoms with van der Waals surface area (Å²) in [6.45, 7) is 1.80. The van der Waals surface area contributed by atoms with Gasteiger partial charge in [-0.15, -0.1) is 0 Å². The minimum Gasteiger partial charge on any atom is -0.473 e. The highest BCUT2D eigenvalue weighted by molar-refractivity contribution is 5.42. The van der Waals surface area contributed by atoms with Crippen LogP contribution in [0.5, 0.6) is 5.88 Å². The molecule has 5 nitrogen and oxygen atoms in total. The number of hydrogen-bond acceptors (Lipinski definition) is 4. The molecule has 5 heteroatoms. The monoisotopic (exact) mass is 206 g/mol. The Morgan fingerprint density at radius 3 is 2.80 bits per heavy atom. The molecule has 1 saturated carbocycles. The average Bonchev–Trinajstić information content (AvgIpc) is 2.39. The first-order valence-electron chi connectivity index (χ1n) is 4.97. The number of aromatic nitrogens is 2. The van der Waals surface area contributed by atoms with Gasteiger partial charge in [-0.1, -0.05) is 0 Å². The molecular weight excluding hydrogens is 192 g/mol. The fourth-order valence-electron chi connectivity index (χ4n) is 1.76. The number of nitrogens with zero attached hydrogens (tertiary/aromatic N) is 3. The molecule has 0 aromatic carbocycles. The number of ether oxygens (including phenoxy) is 1. The van der Waals surface area contributed by atoms with E-state index in [2.05, 4.69) is 11.2 Å². The van der Waals surface area contributed by atoms with Gasteiger partial charge in [0.2, 0.25) is 5.88 Å². The number of hydrogen-bond donors (Lipinski definition) is 1. The maximum Gasteiger partial charge on any atom is 0.230 e. The van der Waals surface area contributed by atoms with Gasteiger partial charge in [-0.2, -0.15) is 10.4 Å². The zero-order valence-corrected chi connectivity index (χ0v) is 8.90. The van der Waals surface area contributed by atoms with Crippen molar-refractivity contribution in [3.63, 3.8) is 0 Å². The van der Waals surface area contributed by atoms with Crippen LogP contribution in [0, 0.1) is 18.3 Å². The molecule has 2 N–H and O–H groups in total. The van der Waals surface area contributed by atoms with Gasteiger partial charge in [0, 0.05) is 13.1 Å². The summed E-state index contributed by atoms with van der Waals surface area (Å²) < 4.78 is 7.30. The van der Waals surface area contributed by atoms with Crippen molar-refractivity contribution in [1.82, 2.24) is 9.78 Å². The summed E-state index contributed by atoms with van der Waals surface area (Å²) in [7, 11) is 1.78. The van der Waals surface area contributed by atoms with Crippen LogP contribution in [0.3, 0.4) is 0 Å². The van der Waals surface area contributed by atoms with Crippen LogP contribution in [0.25, 0.3) is 0 Å². The van der Waals surface area contributed by atoms with E-state index in [1.807, 2.05) is 0 Å². The normalized spacial score (nSPS) is 24.4. The molecule has 2 rings (SSSR count). The zero-order chi connectivity index (χ0) is 11.0. The second kappa shape index (κ2) is 3.55. The minimum atomic E-state index is 0.141. The second-order valence-corrected chi connectivity index (χ2v) is 3.97. The maximum absolute atomic E-state index is 8.96. The third-order valence-electron chi connectivity index (χ3n) is 2.69. The Morgan fingerprint density at radius 1 is 1.60 bits per heavy atom. The third kappa shape index (κ3) is 1.68. The topological polar surface area (TPSA) is 76.9 Å². The fourth-order valence-corrected chi connectivity index (χ4v) is 1.76. The van der Waals surface area contributed by atoms with E-state index in [0.29, 0.717) is 17.1 Å². The Balaban J connectivity index is 2.17. The lowest BCUT2D eigenvalue weighted by atomic mass is 9.90. The molecule has 80 valence electrons. The number of aryl methyl sites for hydroxylation is 2. The fraction of sp³-hybridized carbons (Fsp3) is 0.600. The van der Waals surface area contributed by atoms with Gasteiger partial charge in [0.15, 0.2) is 0 Å². The lowest BCUT2D eigenvalue weighted by Crippen LogP contribution is -2.43. The van der Waals surface area contributed by atoms with Crippen LogP contribution in [0.2, 0.25) is 0 Å². The van der Waals surface area contributed by atoms with Gasteiger partial charge in [0.25, 0.3) is 0 Å². The van der Waals surface area contributed by atoms with Gasteiger partial charge in [-0.25, -0.2) is 4.68 Å². The molecule has 1 heterocycles. The summed E-state index contributed by atoms with van der Waals surface area (Å²) in [5.74, 6) is 0.562. The van der Waals surface area contributed by atoms with Gasteiger partial charge in [-0.05, 0) is 19.8 Å². The van der Waals surface area contributed by atoms with E-state index >= 15 is 0 Å². The first-order valence-corrected chi connectivity index (χ1v) is 4.97. The molecule has 1 aliphatic carbocycles. The lowest BCUT2D eigenvalue weighted by Gasteiger charge is -2.32. The Labute approximate surface area is 88.4 Å². The van der Waals surface area contributed by atoms with Crippen molar-refractivity contribution in [2.24, 2.45) is 12.8 Å². The van der Waals surface area contributed by atoms with E-state index in [-0.39, 0.29) is 12.1 Å². The summed E-state index contributed by atoms with van der Waals surface area (Å²) in [6, 6.07) is 2.36. The molecule has 0 bridgehead atoms. The van der Waals surface area contributed by atoms with Crippen LogP contribution in [0.15, 0.2) is 0 Å². The molecule has 1 aromatic heterocycles. The molecule has 0 atom stereocenters. The van der Waals surface area contributed by atoms with Crippen molar-refractivity contribution in [1.29, 1.82) is 5.26 Å². The molecule has 0 unspecified atom stereocenters. The number of nitriles is 1. The summed E-state index contributed by atoms with van der Waals surface area (Å²) in [4.78, 5) is 0. The van der Waals surface area contributed by atoms with Crippen LogP contribution in [-0.4, -0.2) is 21.9 Å². The molecule has 1 aromatic rings. The van der Waals surface area contributed by atoms with Crippen molar-refractivity contribution >= 4 is 0 Å². The first kappa shape index (κ1) is 9.99. The predicted molar refractivity (Wildman–Crippen MR) is 54.3 cm³/mol. The van der Waals surface area contributed by atoms with Gasteiger partial charge in [0.05, 0.1) is 5.69 Å². The standard InChI is InChI=1S/C10H14N4O/c1-6-9(5-11)10(14(2)13-6)15-8-3-7(12)4-8/h7-8H,3-4,12H2,1-2H3. The van der Waals surface area contributed by atoms with Crippen molar-refractivity contribution in [2.45, 2.75) is 31.9 Å². The SMILES string of the molecule is Cc1nn(C)c(OC2CC(N)C2)c1C#N. The molecular formula is C10H14N4O. The van der Waals surface area contributed by atoms with Gasteiger partial charge < -0.3 is 10.5 Å². The molecule has 0 spiro atoms. The predicted octanol–water partition coefficient (Wildman–Crippen LogP) is 0.469. The maximum atomic E-state index is 8.96. The van der Waals surface area contributed by atoms with Gasteiger partial charge in [-0.3, -0.25) is 0 Å². The highest BCUT2D eigenvalue weighted by Crippen LogP contribution is 2.27. The molecule has 1 fully saturated rings. The summed E-state index contributed by atoms with van der Waals surface area (Å²) in [5.41, 5.74) is 6.90. The first-order chi connectivity index (χ1) is 7.11. The van der Waals surface area contributed by atoms with Crippen molar-refractivity contribution in [3.8, 4) is 11.9 Å². The van der Waals surface area contributed by atoms with E-state index < -0.39 is 0 Å². The Hall–Kier alpha value is -1.54. The highest BCUT2D eigenvalue weighted by atomic mass is 16.5. The third-order valence-corrected chi connectivity index (χ3v) is 2.69. The molecule has 0 saturated heterocycles. The van der Waals surface area contributed by atoms with E-state index in [1.165, 1.54) is 0 Å². The van der Waals surface area contributed by atoms with E-state index in [9.17, 15) is 0 Å². The van der Waals surface area contributed by atoms with Crippen LogP contribution in [0.1, 0.15) is 24.1 Å². The largest absolute Gasteiger partial charge is 0.473 e. The Morgan fingerprint density at radius 2 is 2.27 bits per heavy atom. The summed E-state index contributed by atoms with van der Waals surface area (Å²) >= 11 is 0. The summed E-state index contributed by atoms with van der Waals surface area (Å²) in [6.07, 6.45) is 1.85. The van der Waals surface area contributed by atoms with Crippen molar-refractivity contribution < 1.29 is 4.74 Å². The smallest absolute Gasteiger partial charge is 0.230 e. The van der Waals surface area contributed by atoms with Crippen LogP contribution < -0.4 is 10.5 Å². The van der Waals surface area contributed by atoms with E-state index in [4.69, 9.17) is 15.7 Å². The molecule has 0 amide bonds. The van der Waals surface area contributed by atoms with E-state index in [1.54, 1.807) is 18.7 Å². The molecule has 15 heavy (non-hydrogen) atoms. The number of nitrogens with two attached hydrogens (primary N) is 1. The Bertz CT molecular complexity index is 412. The van der Waals surface area contributed by atoms with Gasteiger partial charge in [0.1, 0.15) is 17.7 Å². The van der Waals surface area contributed by atoms with Crippen LogP contribution in [0.4, 0.5) is 0 Å². The highest BCUT2D eigenvalue weighted by Gasteiger charge is 2.29. The van der Waals surface area contributed by atoms with Crippen LogP contribution >= 0.6 is 0 Å². The average molecular weight is 206 g/mol. The lowest BCUT2D eigenvalue weighted by molar-refractivity contribution is 0.0907. The minimum absolute atomic E-state index is 0.141. The van der Waals surface area contributed by atoms with Crippen LogP contribution in [-0.2, 0) is 7.05 Å². The molecule has 0 aliphatic heterocycles. The molecule has 1 aliphatic rings. The zero-order valence-electron chi connectivity index (χ0n) is 8.90. The van der Waals surface area contributed by atoms with E-state index in [0.717, 1.165) is 12.8 Å². The van der Waals surface area contributed by atoms with Crippen molar-refractivity contribution in [3.05, 3.63) is 11.3 Å². The molecule has 0 radical (unpaired) electrons.